The molecule has 6 heteroatoms. The van der Waals surface area contributed by atoms with Crippen molar-refractivity contribution in [2.24, 2.45) is 5.41 Å². The van der Waals surface area contributed by atoms with Crippen LogP contribution in [0.1, 0.15) is 51.9 Å². The second kappa shape index (κ2) is 7.36. The van der Waals surface area contributed by atoms with Crippen molar-refractivity contribution < 1.29 is 9.59 Å². The molecule has 2 amide bonds. The van der Waals surface area contributed by atoms with Gasteiger partial charge in [0.05, 0.1) is 0 Å². The highest BCUT2D eigenvalue weighted by Gasteiger charge is 2.49. The van der Waals surface area contributed by atoms with E-state index in [-0.39, 0.29) is 11.3 Å². The molecule has 1 aliphatic carbocycles. The summed E-state index contributed by atoms with van der Waals surface area (Å²) in [5, 5.41) is 7.26. The Morgan fingerprint density at radius 1 is 1.42 bits per heavy atom. The van der Waals surface area contributed by atoms with Gasteiger partial charge in [0.15, 0.2) is 0 Å². The normalized spacial score (nSPS) is 26.5. The van der Waals surface area contributed by atoms with Crippen molar-refractivity contribution in [2.45, 2.75) is 64.5 Å². The molecule has 1 saturated carbocycles. The van der Waals surface area contributed by atoms with Gasteiger partial charge in [-0.1, -0.05) is 13.3 Å². The number of nitrogens with one attached hydrogen (secondary N) is 1. The number of piperidine rings is 1. The van der Waals surface area contributed by atoms with E-state index in [0.717, 1.165) is 38.6 Å². The topological polar surface area (TPSA) is 67.2 Å². The molecule has 2 heterocycles. The van der Waals surface area contributed by atoms with Gasteiger partial charge < -0.3 is 10.2 Å². The molecule has 1 aliphatic heterocycles. The lowest BCUT2D eigenvalue weighted by molar-refractivity contribution is -0.142. The van der Waals surface area contributed by atoms with Crippen LogP contribution in [0, 0.1) is 5.41 Å². The molecule has 1 N–H and O–H groups in total. The van der Waals surface area contributed by atoms with Crippen LogP contribution in [0.4, 0.5) is 0 Å². The molecule has 132 valence electrons. The number of carbonyl (C=O) groups excluding carboxylic acids is 2. The molecule has 2 fully saturated rings. The van der Waals surface area contributed by atoms with E-state index in [2.05, 4.69) is 22.2 Å². The highest BCUT2D eigenvalue weighted by molar-refractivity contribution is 5.78. The molecule has 1 aromatic heterocycles. The zero-order valence-electron chi connectivity index (χ0n) is 14.5. The summed E-state index contributed by atoms with van der Waals surface area (Å²) in [6.45, 7) is 4.27. The Hall–Kier alpha value is -1.85. The minimum atomic E-state index is 0.0736. The molecular weight excluding hydrogens is 304 g/mol. The molecule has 3 rings (SSSR count). The van der Waals surface area contributed by atoms with Crippen molar-refractivity contribution in [3.05, 3.63) is 18.5 Å². The molecule has 0 aromatic carbocycles. The Kier molecular flexibility index (Phi) is 5.21. The number of amides is 2. The summed E-state index contributed by atoms with van der Waals surface area (Å²) in [7, 11) is 0. The number of aryl methyl sites for hydroxylation is 1. The summed E-state index contributed by atoms with van der Waals surface area (Å²) >= 11 is 0. The van der Waals surface area contributed by atoms with Crippen molar-refractivity contribution in [1.29, 1.82) is 0 Å². The number of rotatable bonds is 7. The first-order valence-corrected chi connectivity index (χ1v) is 9.18. The van der Waals surface area contributed by atoms with Crippen LogP contribution in [0.15, 0.2) is 18.5 Å². The summed E-state index contributed by atoms with van der Waals surface area (Å²) in [6, 6.07) is 2.17. The van der Waals surface area contributed by atoms with E-state index in [1.165, 1.54) is 0 Å². The van der Waals surface area contributed by atoms with Crippen molar-refractivity contribution in [3.63, 3.8) is 0 Å². The number of nitrogens with zero attached hydrogens (tertiary/aromatic N) is 3. The maximum Gasteiger partial charge on any atom is 0.222 e. The van der Waals surface area contributed by atoms with Crippen molar-refractivity contribution >= 4 is 11.8 Å². The third-order valence-corrected chi connectivity index (χ3v) is 5.62. The number of hydrogen-bond donors (Lipinski definition) is 1. The molecule has 24 heavy (non-hydrogen) atoms. The fraction of sp³-hybridized carbons (Fsp3) is 0.722. The van der Waals surface area contributed by atoms with Gasteiger partial charge in [0.1, 0.15) is 0 Å². The minimum Gasteiger partial charge on any atom is -0.355 e. The molecule has 1 saturated heterocycles. The fourth-order valence-corrected chi connectivity index (χ4v) is 4.40. The lowest BCUT2D eigenvalue weighted by Gasteiger charge is -2.46. The molecular formula is C18H28N4O2. The smallest absolute Gasteiger partial charge is 0.222 e. The molecule has 0 spiro atoms. The lowest BCUT2D eigenvalue weighted by atomic mass is 9.74. The number of aromatic nitrogens is 2. The molecule has 6 nitrogen and oxygen atoms in total. The van der Waals surface area contributed by atoms with E-state index in [1.54, 1.807) is 10.9 Å². The fourth-order valence-electron chi connectivity index (χ4n) is 4.40. The summed E-state index contributed by atoms with van der Waals surface area (Å²) in [4.78, 5) is 26.6. The first kappa shape index (κ1) is 17.0. The maximum absolute atomic E-state index is 12.3. The van der Waals surface area contributed by atoms with Gasteiger partial charge in [0, 0.05) is 56.3 Å². The Morgan fingerprint density at radius 2 is 2.29 bits per heavy atom. The second-order valence-electron chi connectivity index (χ2n) is 7.15. The average molecular weight is 332 g/mol. The zero-order chi connectivity index (χ0) is 17.0. The molecule has 1 aromatic rings. The summed E-state index contributed by atoms with van der Waals surface area (Å²) in [5.74, 6) is 0.369. The summed E-state index contributed by atoms with van der Waals surface area (Å²) in [5.41, 5.74) is 0.0877. The highest BCUT2D eigenvalue weighted by Crippen LogP contribution is 2.47. The van der Waals surface area contributed by atoms with Crippen LogP contribution in [0.5, 0.6) is 0 Å². The van der Waals surface area contributed by atoms with Crippen molar-refractivity contribution in [1.82, 2.24) is 20.0 Å². The third-order valence-electron chi connectivity index (χ3n) is 5.62. The van der Waals surface area contributed by atoms with Gasteiger partial charge in [-0.3, -0.25) is 14.3 Å². The Balaban J connectivity index is 1.56. The standard InChI is InChI=1S/C18H28N4O2/c1-2-11-22-15-5-3-8-18(15,9-6-17(22)24)14-19-16(23)7-13-21-12-4-10-20-21/h4,10,12,15H,2-3,5-9,11,13-14H2,1H3,(H,19,23)/t15-,18+/m1/s1. The van der Waals surface area contributed by atoms with Gasteiger partial charge in [-0.2, -0.15) is 5.10 Å². The third kappa shape index (κ3) is 3.47. The van der Waals surface area contributed by atoms with Gasteiger partial charge in [-0.25, -0.2) is 0 Å². The molecule has 0 unspecified atom stereocenters. The van der Waals surface area contributed by atoms with E-state index >= 15 is 0 Å². The minimum absolute atomic E-state index is 0.0736. The number of carbonyl (C=O) groups is 2. The summed E-state index contributed by atoms with van der Waals surface area (Å²) in [6.07, 6.45) is 9.92. The van der Waals surface area contributed by atoms with Crippen LogP contribution in [-0.4, -0.2) is 45.6 Å². The zero-order valence-corrected chi connectivity index (χ0v) is 14.5. The monoisotopic (exact) mass is 332 g/mol. The largest absolute Gasteiger partial charge is 0.355 e. The lowest BCUT2D eigenvalue weighted by Crippen LogP contribution is -2.56. The van der Waals surface area contributed by atoms with Gasteiger partial charge in [0.2, 0.25) is 11.8 Å². The number of likely N-dealkylation sites (tertiary alicyclic amines) is 1. The Labute approximate surface area is 143 Å². The highest BCUT2D eigenvalue weighted by atomic mass is 16.2. The van der Waals surface area contributed by atoms with Gasteiger partial charge >= 0.3 is 0 Å². The van der Waals surface area contributed by atoms with Crippen molar-refractivity contribution in [2.75, 3.05) is 13.1 Å². The van der Waals surface area contributed by atoms with E-state index in [4.69, 9.17) is 0 Å². The van der Waals surface area contributed by atoms with E-state index in [1.807, 2.05) is 12.3 Å². The number of fused-ring (bicyclic) bond motifs is 1. The molecule has 2 atom stereocenters. The summed E-state index contributed by atoms with van der Waals surface area (Å²) < 4.78 is 1.78. The predicted octanol–water partition coefficient (Wildman–Crippen LogP) is 1.96. The quantitative estimate of drug-likeness (QED) is 0.830. The average Bonchev–Trinajstić information content (AvgIpc) is 3.24. The Morgan fingerprint density at radius 3 is 3.04 bits per heavy atom. The predicted molar refractivity (Wildman–Crippen MR) is 91.2 cm³/mol. The van der Waals surface area contributed by atoms with Crippen LogP contribution in [0.25, 0.3) is 0 Å². The number of hydrogen-bond acceptors (Lipinski definition) is 3. The van der Waals surface area contributed by atoms with Crippen LogP contribution >= 0.6 is 0 Å². The van der Waals surface area contributed by atoms with Crippen LogP contribution in [-0.2, 0) is 16.1 Å². The van der Waals surface area contributed by atoms with Crippen LogP contribution in [0.2, 0.25) is 0 Å². The van der Waals surface area contributed by atoms with E-state index in [9.17, 15) is 9.59 Å². The van der Waals surface area contributed by atoms with Gasteiger partial charge in [0.25, 0.3) is 0 Å². The first-order valence-electron chi connectivity index (χ1n) is 9.18. The van der Waals surface area contributed by atoms with Crippen LogP contribution in [0.3, 0.4) is 0 Å². The second-order valence-corrected chi connectivity index (χ2v) is 7.15. The van der Waals surface area contributed by atoms with Crippen molar-refractivity contribution in [3.8, 4) is 0 Å². The molecule has 0 bridgehead atoms. The first-order chi connectivity index (χ1) is 11.6. The van der Waals surface area contributed by atoms with Gasteiger partial charge in [-0.05, 0) is 31.7 Å². The van der Waals surface area contributed by atoms with E-state index in [0.29, 0.717) is 37.9 Å². The maximum atomic E-state index is 12.3. The SMILES string of the molecule is CCCN1C(=O)CC[C@]2(CNC(=O)CCn3cccn3)CCC[C@@H]12. The molecule has 0 radical (unpaired) electrons. The van der Waals surface area contributed by atoms with Crippen LogP contribution < -0.4 is 5.32 Å². The van der Waals surface area contributed by atoms with E-state index < -0.39 is 0 Å². The van der Waals surface area contributed by atoms with Gasteiger partial charge in [-0.15, -0.1) is 0 Å². The molecule has 2 aliphatic rings. The Bertz CT molecular complexity index is 572.